The van der Waals surface area contributed by atoms with Crippen LogP contribution in [-0.2, 0) is 10.0 Å². The number of hydrogen-bond acceptors (Lipinski definition) is 4. The van der Waals surface area contributed by atoms with Crippen molar-refractivity contribution in [2.75, 3.05) is 12.4 Å². The van der Waals surface area contributed by atoms with Crippen LogP contribution in [0.15, 0.2) is 23.1 Å². The van der Waals surface area contributed by atoms with Gasteiger partial charge in [-0.05, 0) is 18.6 Å². The summed E-state index contributed by atoms with van der Waals surface area (Å²) < 4.78 is 25.9. The predicted molar refractivity (Wildman–Crippen MR) is 68.6 cm³/mol. The average molecular weight is 313 g/mol. The Balaban J connectivity index is 3.12. The van der Waals surface area contributed by atoms with Crippen molar-refractivity contribution in [2.45, 2.75) is 11.3 Å². The highest BCUT2D eigenvalue weighted by molar-refractivity contribution is 7.89. The number of alkyl halides is 1. The summed E-state index contributed by atoms with van der Waals surface area (Å²) in [6, 6.07) is 3.38. The van der Waals surface area contributed by atoms with E-state index in [0.717, 1.165) is 12.1 Å². The fraction of sp³-hybridized carbons (Fsp3) is 0.333. The maximum atomic E-state index is 11.8. The van der Waals surface area contributed by atoms with Gasteiger partial charge in [-0.2, -0.15) is 0 Å². The molecule has 1 rings (SSSR count). The van der Waals surface area contributed by atoms with Crippen LogP contribution >= 0.6 is 23.2 Å². The molecule has 0 heterocycles. The van der Waals surface area contributed by atoms with Crippen LogP contribution in [0.1, 0.15) is 6.42 Å². The van der Waals surface area contributed by atoms with Gasteiger partial charge in [0.25, 0.3) is 5.69 Å². The molecule has 0 fully saturated rings. The maximum absolute atomic E-state index is 11.8. The van der Waals surface area contributed by atoms with Crippen LogP contribution in [-0.4, -0.2) is 25.8 Å². The number of rotatable bonds is 6. The first-order valence-corrected chi connectivity index (χ1v) is 7.27. The predicted octanol–water partition coefficient (Wildman–Crippen LogP) is 2.16. The van der Waals surface area contributed by atoms with Crippen LogP contribution in [0.4, 0.5) is 5.69 Å². The van der Waals surface area contributed by atoms with E-state index in [1.165, 1.54) is 6.07 Å². The van der Waals surface area contributed by atoms with E-state index >= 15 is 0 Å². The van der Waals surface area contributed by atoms with Crippen molar-refractivity contribution in [3.8, 4) is 0 Å². The molecule has 0 saturated heterocycles. The largest absolute Gasteiger partial charge is 0.290 e. The molecule has 0 radical (unpaired) electrons. The molecule has 1 aromatic carbocycles. The van der Waals surface area contributed by atoms with Gasteiger partial charge in [0.2, 0.25) is 10.0 Å². The number of benzene rings is 1. The van der Waals surface area contributed by atoms with E-state index in [9.17, 15) is 18.5 Å². The molecule has 0 aromatic heterocycles. The molecule has 0 unspecified atom stereocenters. The summed E-state index contributed by atoms with van der Waals surface area (Å²) in [6.07, 6.45) is 0.433. The highest BCUT2D eigenvalue weighted by atomic mass is 35.5. The number of halogens is 2. The van der Waals surface area contributed by atoms with Crippen molar-refractivity contribution in [1.29, 1.82) is 0 Å². The number of hydrogen-bond donors (Lipinski definition) is 1. The molecule has 6 nitrogen and oxygen atoms in total. The third-order valence-corrected chi connectivity index (χ3v) is 4.02. The van der Waals surface area contributed by atoms with Gasteiger partial charge in [0.05, 0.1) is 4.92 Å². The summed E-state index contributed by atoms with van der Waals surface area (Å²) in [5, 5.41) is 10.9. The van der Waals surface area contributed by atoms with E-state index in [1.54, 1.807) is 0 Å². The Morgan fingerprint density at radius 1 is 1.39 bits per heavy atom. The zero-order valence-corrected chi connectivity index (χ0v) is 11.4. The monoisotopic (exact) mass is 312 g/mol. The third kappa shape index (κ3) is 3.81. The molecule has 0 aliphatic carbocycles. The standard InChI is InChI=1S/C9H10Cl2N2O4S/c10-4-1-5-12-18(16,17)9-3-2-7(11)6-8(9)13(14)15/h2-3,6,12H,1,4-5H2. The second-order valence-electron chi connectivity index (χ2n) is 3.31. The van der Waals surface area contributed by atoms with Gasteiger partial charge in [0, 0.05) is 23.5 Å². The minimum absolute atomic E-state index is 0.0985. The molecule has 0 aliphatic heterocycles. The van der Waals surface area contributed by atoms with Crippen molar-refractivity contribution in [3.63, 3.8) is 0 Å². The quantitative estimate of drug-likeness (QED) is 0.377. The summed E-state index contributed by atoms with van der Waals surface area (Å²) in [7, 11) is -3.93. The van der Waals surface area contributed by atoms with Crippen LogP contribution < -0.4 is 4.72 Å². The fourth-order valence-electron chi connectivity index (χ4n) is 1.21. The van der Waals surface area contributed by atoms with Gasteiger partial charge in [0.15, 0.2) is 4.90 Å². The molecule has 1 aromatic rings. The first kappa shape index (κ1) is 15.2. The Kier molecular flexibility index (Phi) is 5.33. The van der Waals surface area contributed by atoms with Crippen molar-refractivity contribution < 1.29 is 13.3 Å². The maximum Gasteiger partial charge on any atom is 0.290 e. The number of nitrogens with zero attached hydrogens (tertiary/aromatic N) is 1. The van der Waals surface area contributed by atoms with Gasteiger partial charge in [-0.3, -0.25) is 10.1 Å². The molecule has 0 amide bonds. The van der Waals surface area contributed by atoms with Gasteiger partial charge in [-0.15, -0.1) is 11.6 Å². The van der Waals surface area contributed by atoms with E-state index in [-0.39, 0.29) is 11.6 Å². The second kappa shape index (κ2) is 6.33. The van der Waals surface area contributed by atoms with E-state index < -0.39 is 25.5 Å². The van der Waals surface area contributed by atoms with E-state index in [4.69, 9.17) is 23.2 Å². The highest BCUT2D eigenvalue weighted by Crippen LogP contribution is 2.26. The molecule has 18 heavy (non-hydrogen) atoms. The average Bonchev–Trinajstić information content (AvgIpc) is 2.28. The Morgan fingerprint density at radius 3 is 2.61 bits per heavy atom. The van der Waals surface area contributed by atoms with Crippen LogP contribution in [0.3, 0.4) is 0 Å². The lowest BCUT2D eigenvalue weighted by Gasteiger charge is -2.06. The van der Waals surface area contributed by atoms with Crippen molar-refractivity contribution in [2.24, 2.45) is 0 Å². The number of nitro benzene ring substituents is 1. The molecular weight excluding hydrogens is 303 g/mol. The normalized spacial score (nSPS) is 11.4. The molecule has 0 atom stereocenters. The highest BCUT2D eigenvalue weighted by Gasteiger charge is 2.25. The Hall–Kier alpha value is -0.890. The minimum atomic E-state index is -3.93. The molecule has 0 bridgehead atoms. The Labute approximate surface area is 114 Å². The molecule has 0 saturated carbocycles. The van der Waals surface area contributed by atoms with Gasteiger partial charge >= 0.3 is 0 Å². The summed E-state index contributed by atoms with van der Waals surface area (Å²) >= 11 is 11.0. The number of sulfonamides is 1. The summed E-state index contributed by atoms with van der Waals surface area (Å²) in [6.45, 7) is 0.117. The number of nitrogens with one attached hydrogen (secondary N) is 1. The lowest BCUT2D eigenvalue weighted by Crippen LogP contribution is -2.25. The molecule has 9 heteroatoms. The van der Waals surface area contributed by atoms with Crippen LogP contribution in [0, 0.1) is 10.1 Å². The van der Waals surface area contributed by atoms with Crippen LogP contribution in [0.25, 0.3) is 0 Å². The summed E-state index contributed by atoms with van der Waals surface area (Å²) in [5.74, 6) is 0.297. The molecule has 0 aliphatic rings. The first-order valence-electron chi connectivity index (χ1n) is 4.88. The molecular formula is C9H10Cl2N2O4S. The zero-order chi connectivity index (χ0) is 13.8. The SMILES string of the molecule is O=[N+]([O-])c1cc(Cl)ccc1S(=O)(=O)NCCCCl. The topological polar surface area (TPSA) is 89.3 Å². The van der Waals surface area contributed by atoms with Gasteiger partial charge in [0.1, 0.15) is 0 Å². The van der Waals surface area contributed by atoms with E-state index in [1.807, 2.05) is 0 Å². The molecule has 1 N–H and O–H groups in total. The Morgan fingerprint density at radius 2 is 2.06 bits per heavy atom. The van der Waals surface area contributed by atoms with Crippen LogP contribution in [0.2, 0.25) is 5.02 Å². The minimum Gasteiger partial charge on any atom is -0.258 e. The van der Waals surface area contributed by atoms with Crippen molar-refractivity contribution in [3.05, 3.63) is 33.3 Å². The van der Waals surface area contributed by atoms with Gasteiger partial charge in [-0.1, -0.05) is 11.6 Å². The van der Waals surface area contributed by atoms with Gasteiger partial charge in [-0.25, -0.2) is 13.1 Å². The van der Waals surface area contributed by atoms with E-state index in [2.05, 4.69) is 4.72 Å². The zero-order valence-electron chi connectivity index (χ0n) is 9.10. The third-order valence-electron chi connectivity index (χ3n) is 2.01. The second-order valence-corrected chi connectivity index (χ2v) is 5.86. The van der Waals surface area contributed by atoms with Gasteiger partial charge < -0.3 is 0 Å². The first-order chi connectivity index (χ1) is 8.38. The van der Waals surface area contributed by atoms with E-state index in [0.29, 0.717) is 12.3 Å². The molecule has 100 valence electrons. The lowest BCUT2D eigenvalue weighted by atomic mass is 10.3. The van der Waals surface area contributed by atoms with Crippen molar-refractivity contribution in [1.82, 2.24) is 4.72 Å². The summed E-state index contributed by atoms with van der Waals surface area (Å²) in [5.41, 5.74) is -0.555. The van der Waals surface area contributed by atoms with Crippen molar-refractivity contribution >= 4 is 38.9 Å². The summed E-state index contributed by atoms with van der Waals surface area (Å²) in [4.78, 5) is 9.58. The number of nitro groups is 1. The lowest BCUT2D eigenvalue weighted by molar-refractivity contribution is -0.387. The fourth-order valence-corrected chi connectivity index (χ4v) is 2.74. The molecule has 0 spiro atoms. The smallest absolute Gasteiger partial charge is 0.258 e. The Bertz CT molecular complexity index is 547. The van der Waals surface area contributed by atoms with Crippen LogP contribution in [0.5, 0.6) is 0 Å².